The molecular formula is C21H38F2N8O2. The quantitative estimate of drug-likeness (QED) is 0.306. The number of likely N-dealkylation sites (tertiary alicyclic amines) is 1. The number of morpholine rings is 1. The first-order valence-electron chi connectivity index (χ1n) is 12.2. The standard InChI is InChI=1S/C21H38F2N8O2/c1-29-6-7-33-21(12-29)2-4-30(5-3-21)17-14(23)9-25-10-15(17)27-20(32)16-18(24)28-31-11-13(22)8-26-19(16)31/h13-19,25-26,28H,2-12,24H2,1H3,(H,27,32). The Labute approximate surface area is 193 Å². The van der Waals surface area contributed by atoms with Crippen LogP contribution in [0.2, 0.25) is 0 Å². The fourth-order valence-corrected chi connectivity index (χ4v) is 6.31. The molecule has 1 spiro atoms. The number of carbonyl (C=O) groups excluding carboxylic acids is 1. The number of carbonyl (C=O) groups is 1. The second-order valence-electron chi connectivity index (χ2n) is 10.4. The van der Waals surface area contributed by atoms with Gasteiger partial charge in [-0.15, -0.1) is 0 Å². The minimum Gasteiger partial charge on any atom is -0.372 e. The van der Waals surface area contributed by atoms with Crippen molar-refractivity contribution in [1.29, 1.82) is 0 Å². The maximum Gasteiger partial charge on any atom is 0.229 e. The van der Waals surface area contributed by atoms with Crippen LogP contribution in [0.25, 0.3) is 0 Å². The molecule has 0 bridgehead atoms. The Morgan fingerprint density at radius 1 is 1.18 bits per heavy atom. The third-order valence-electron chi connectivity index (χ3n) is 8.01. The summed E-state index contributed by atoms with van der Waals surface area (Å²) in [6, 6.07) is -0.769. The normalized spacial score (nSPS) is 42.8. The van der Waals surface area contributed by atoms with Crippen molar-refractivity contribution < 1.29 is 18.3 Å². The van der Waals surface area contributed by atoms with Gasteiger partial charge in [0.05, 0.1) is 42.5 Å². The number of halogens is 2. The fourth-order valence-electron chi connectivity index (χ4n) is 6.31. The van der Waals surface area contributed by atoms with Crippen LogP contribution in [0.3, 0.4) is 0 Å². The summed E-state index contributed by atoms with van der Waals surface area (Å²) in [5, 5.41) is 11.0. The number of amides is 1. The molecule has 5 heterocycles. The lowest BCUT2D eigenvalue weighted by Crippen LogP contribution is -2.68. The number of nitrogens with one attached hydrogen (secondary N) is 4. The molecule has 1 amide bonds. The Kier molecular flexibility index (Phi) is 6.89. The largest absolute Gasteiger partial charge is 0.372 e. The Bertz CT molecular complexity index is 712. The summed E-state index contributed by atoms with van der Waals surface area (Å²) >= 11 is 0. The minimum atomic E-state index is -1.08. The molecule has 5 aliphatic rings. The molecule has 188 valence electrons. The van der Waals surface area contributed by atoms with Crippen molar-refractivity contribution in [3.63, 3.8) is 0 Å². The van der Waals surface area contributed by atoms with Gasteiger partial charge in [0.25, 0.3) is 0 Å². The summed E-state index contributed by atoms with van der Waals surface area (Å²) in [5.74, 6) is -0.821. The number of likely N-dealkylation sites (N-methyl/N-ethyl adjacent to an activating group) is 1. The zero-order valence-electron chi connectivity index (χ0n) is 19.3. The number of hydrazine groups is 1. The molecule has 7 atom stereocenters. The van der Waals surface area contributed by atoms with Gasteiger partial charge in [-0.2, -0.15) is 0 Å². The van der Waals surface area contributed by atoms with Crippen LogP contribution in [-0.2, 0) is 9.53 Å². The van der Waals surface area contributed by atoms with Crippen molar-refractivity contribution in [1.82, 2.24) is 36.2 Å². The number of hydrogen-bond acceptors (Lipinski definition) is 9. The number of nitrogens with two attached hydrogens (primary N) is 1. The fraction of sp³-hybridized carbons (Fsp3) is 0.952. The van der Waals surface area contributed by atoms with Gasteiger partial charge in [-0.25, -0.2) is 19.2 Å². The Morgan fingerprint density at radius 2 is 1.97 bits per heavy atom. The molecule has 0 aromatic rings. The Balaban J connectivity index is 1.23. The first-order valence-corrected chi connectivity index (χ1v) is 12.2. The number of rotatable bonds is 3. The molecule has 33 heavy (non-hydrogen) atoms. The number of alkyl halides is 2. The molecule has 6 N–H and O–H groups in total. The molecule has 7 unspecified atom stereocenters. The van der Waals surface area contributed by atoms with Gasteiger partial charge >= 0.3 is 0 Å². The molecule has 0 radical (unpaired) electrons. The topological polar surface area (TPSA) is 110 Å². The second-order valence-corrected chi connectivity index (χ2v) is 10.4. The highest BCUT2D eigenvalue weighted by molar-refractivity contribution is 5.81. The lowest BCUT2D eigenvalue weighted by Gasteiger charge is -2.50. The zero-order valence-corrected chi connectivity index (χ0v) is 19.3. The molecule has 5 fully saturated rings. The van der Waals surface area contributed by atoms with E-state index in [1.807, 2.05) is 0 Å². The minimum absolute atomic E-state index is 0.145. The van der Waals surface area contributed by atoms with E-state index in [-0.39, 0.29) is 43.4 Å². The van der Waals surface area contributed by atoms with E-state index < -0.39 is 30.5 Å². The first kappa shape index (κ1) is 23.7. The molecule has 5 rings (SSSR count). The maximum absolute atomic E-state index is 15.2. The highest BCUT2D eigenvalue weighted by atomic mass is 19.1. The summed E-state index contributed by atoms with van der Waals surface area (Å²) < 4.78 is 35.1. The van der Waals surface area contributed by atoms with E-state index in [4.69, 9.17) is 10.5 Å². The average Bonchev–Trinajstić information content (AvgIpc) is 3.09. The molecule has 0 aliphatic carbocycles. The molecule has 12 heteroatoms. The van der Waals surface area contributed by atoms with Crippen LogP contribution in [0.15, 0.2) is 0 Å². The van der Waals surface area contributed by atoms with Crippen LogP contribution in [0, 0.1) is 5.92 Å². The van der Waals surface area contributed by atoms with Crippen molar-refractivity contribution in [2.24, 2.45) is 11.7 Å². The van der Waals surface area contributed by atoms with Gasteiger partial charge in [0, 0.05) is 52.4 Å². The monoisotopic (exact) mass is 472 g/mol. The van der Waals surface area contributed by atoms with Gasteiger partial charge < -0.3 is 26.0 Å². The molecule has 5 aliphatic heterocycles. The number of nitrogens with zero attached hydrogens (tertiary/aromatic N) is 3. The van der Waals surface area contributed by atoms with Crippen molar-refractivity contribution >= 4 is 5.91 Å². The summed E-state index contributed by atoms with van der Waals surface area (Å²) in [6.45, 7) is 5.21. The van der Waals surface area contributed by atoms with E-state index in [9.17, 15) is 9.18 Å². The van der Waals surface area contributed by atoms with Gasteiger partial charge in [-0.1, -0.05) is 0 Å². The Hall–Kier alpha value is -0.990. The second kappa shape index (κ2) is 9.57. The highest BCUT2D eigenvalue weighted by Crippen LogP contribution is 2.32. The summed E-state index contributed by atoms with van der Waals surface area (Å²) in [4.78, 5) is 17.8. The summed E-state index contributed by atoms with van der Waals surface area (Å²) in [6.07, 6.45) is -1.38. The third kappa shape index (κ3) is 4.76. The van der Waals surface area contributed by atoms with Crippen molar-refractivity contribution in [3.8, 4) is 0 Å². The van der Waals surface area contributed by atoms with Gasteiger partial charge in [0.15, 0.2) is 0 Å². The first-order chi connectivity index (χ1) is 15.8. The molecule has 0 aromatic heterocycles. The van der Waals surface area contributed by atoms with Gasteiger partial charge in [0.1, 0.15) is 12.3 Å². The summed E-state index contributed by atoms with van der Waals surface area (Å²) in [7, 11) is 2.12. The van der Waals surface area contributed by atoms with Crippen LogP contribution in [0.5, 0.6) is 0 Å². The van der Waals surface area contributed by atoms with Crippen LogP contribution in [0.4, 0.5) is 8.78 Å². The van der Waals surface area contributed by atoms with E-state index in [0.717, 1.165) is 45.6 Å². The van der Waals surface area contributed by atoms with E-state index in [1.54, 1.807) is 5.01 Å². The predicted molar refractivity (Wildman–Crippen MR) is 118 cm³/mol. The number of hydrogen-bond donors (Lipinski definition) is 5. The van der Waals surface area contributed by atoms with Crippen LogP contribution < -0.4 is 27.1 Å². The van der Waals surface area contributed by atoms with Gasteiger partial charge in [0.2, 0.25) is 5.91 Å². The molecule has 10 nitrogen and oxygen atoms in total. The van der Waals surface area contributed by atoms with E-state index in [2.05, 4.69) is 38.2 Å². The van der Waals surface area contributed by atoms with Crippen molar-refractivity contribution in [3.05, 3.63) is 0 Å². The van der Waals surface area contributed by atoms with Crippen molar-refractivity contribution in [2.45, 2.75) is 55.2 Å². The lowest BCUT2D eigenvalue weighted by molar-refractivity contribution is -0.140. The van der Waals surface area contributed by atoms with Gasteiger partial charge in [-0.3, -0.25) is 15.0 Å². The highest BCUT2D eigenvalue weighted by Gasteiger charge is 2.49. The molecule has 5 saturated heterocycles. The van der Waals surface area contributed by atoms with E-state index in [0.29, 0.717) is 6.54 Å². The SMILES string of the molecule is CN1CCOC2(CCN(C3C(F)CNCC3NC(=O)C3C(N)NN4CC(F)CNC34)CC2)C1. The lowest BCUT2D eigenvalue weighted by atomic mass is 9.86. The number of fused-ring (bicyclic) bond motifs is 1. The smallest absolute Gasteiger partial charge is 0.229 e. The van der Waals surface area contributed by atoms with E-state index >= 15 is 4.39 Å². The molecule has 0 saturated carbocycles. The summed E-state index contributed by atoms with van der Waals surface area (Å²) in [5.41, 5.74) is 9.05. The predicted octanol–water partition coefficient (Wildman–Crippen LogP) is -2.43. The van der Waals surface area contributed by atoms with Crippen LogP contribution in [0.1, 0.15) is 12.8 Å². The molecule has 0 aromatic carbocycles. The Morgan fingerprint density at radius 3 is 2.73 bits per heavy atom. The number of ether oxygens (including phenoxy) is 1. The number of piperidine rings is 2. The van der Waals surface area contributed by atoms with Crippen LogP contribution in [-0.4, -0.2) is 129 Å². The van der Waals surface area contributed by atoms with E-state index in [1.165, 1.54) is 0 Å². The zero-order chi connectivity index (χ0) is 23.2. The van der Waals surface area contributed by atoms with Crippen LogP contribution >= 0.6 is 0 Å². The van der Waals surface area contributed by atoms with Gasteiger partial charge in [-0.05, 0) is 19.9 Å². The maximum atomic E-state index is 15.2. The molecular weight excluding hydrogens is 434 g/mol. The average molecular weight is 473 g/mol. The van der Waals surface area contributed by atoms with Crippen molar-refractivity contribution in [2.75, 3.05) is 66.0 Å². The third-order valence-corrected chi connectivity index (χ3v) is 8.01.